The number of likely N-dealkylation sites (tertiary alicyclic amines) is 1. The van der Waals surface area contributed by atoms with Gasteiger partial charge in [0.05, 0.1) is 17.4 Å². The smallest absolute Gasteiger partial charge is 0.0755 e. The molecule has 3 N–H and O–H groups in total. The van der Waals surface area contributed by atoms with Gasteiger partial charge in [0.2, 0.25) is 0 Å². The molecule has 0 spiro atoms. The maximum Gasteiger partial charge on any atom is 0.0755 e. The van der Waals surface area contributed by atoms with Gasteiger partial charge in [-0.05, 0) is 45.1 Å². The van der Waals surface area contributed by atoms with E-state index in [0.717, 1.165) is 42.4 Å². The highest BCUT2D eigenvalue weighted by molar-refractivity contribution is 6.00. The molecule has 1 fully saturated rings. The Labute approximate surface area is 123 Å². The second-order valence-corrected chi connectivity index (χ2v) is 5.61. The van der Waals surface area contributed by atoms with E-state index in [4.69, 9.17) is 10.4 Å². The maximum atomic E-state index is 9.11. The molecular weight excluding hydrogens is 268 g/mol. The molecule has 3 rings (SSSR count). The van der Waals surface area contributed by atoms with Gasteiger partial charge in [-0.15, -0.1) is 0 Å². The lowest BCUT2D eigenvalue weighted by Gasteiger charge is -2.30. The van der Waals surface area contributed by atoms with Gasteiger partial charge in [-0.3, -0.25) is 10.7 Å². The predicted molar refractivity (Wildman–Crippen MR) is 82.5 cm³/mol. The van der Waals surface area contributed by atoms with Crippen LogP contribution in [0.3, 0.4) is 0 Å². The van der Waals surface area contributed by atoms with Crippen LogP contribution in [0, 0.1) is 0 Å². The van der Waals surface area contributed by atoms with Crippen LogP contribution < -0.4 is 5.48 Å². The molecule has 1 aromatic heterocycles. The number of aromatic nitrogens is 1. The number of benzene rings is 1. The first-order chi connectivity index (χ1) is 10.2. The topological polar surface area (TPSA) is 73.0 Å². The summed E-state index contributed by atoms with van der Waals surface area (Å²) in [6.07, 6.45) is 5.67. The van der Waals surface area contributed by atoms with Gasteiger partial charge in [-0.2, -0.15) is 0 Å². The van der Waals surface area contributed by atoms with Gasteiger partial charge >= 0.3 is 0 Å². The summed E-state index contributed by atoms with van der Waals surface area (Å²) in [6, 6.07) is 6.08. The Bertz CT molecular complexity index is 657. The van der Waals surface area contributed by atoms with Crippen molar-refractivity contribution in [2.75, 3.05) is 25.6 Å². The van der Waals surface area contributed by atoms with Crippen LogP contribution in [0.4, 0.5) is 5.69 Å². The van der Waals surface area contributed by atoms with Crippen LogP contribution in [0.25, 0.3) is 10.9 Å². The minimum Gasteiger partial charge on any atom is -0.411 e. The van der Waals surface area contributed by atoms with E-state index in [-0.39, 0.29) is 0 Å². The fraction of sp³-hybridized carbons (Fsp3) is 0.400. The van der Waals surface area contributed by atoms with Crippen molar-refractivity contribution in [2.45, 2.75) is 18.9 Å². The lowest BCUT2D eigenvalue weighted by molar-refractivity contribution is 0.224. The second-order valence-electron chi connectivity index (χ2n) is 5.61. The molecule has 1 aromatic carbocycles. The molecule has 1 aliphatic rings. The monoisotopic (exact) mass is 288 g/mol. The normalized spacial score (nSPS) is 17.8. The highest BCUT2D eigenvalue weighted by Gasteiger charge is 2.20. The lowest BCUT2D eigenvalue weighted by Crippen LogP contribution is -2.31. The van der Waals surface area contributed by atoms with E-state index in [0.29, 0.717) is 11.7 Å². The Morgan fingerprint density at radius 3 is 2.76 bits per heavy atom. The van der Waals surface area contributed by atoms with Gasteiger partial charge < -0.3 is 14.7 Å². The summed E-state index contributed by atoms with van der Waals surface area (Å²) in [5, 5.41) is 22.1. The molecule has 0 amide bonds. The third-order valence-corrected chi connectivity index (χ3v) is 4.27. The van der Waals surface area contributed by atoms with Crippen molar-refractivity contribution < 1.29 is 10.4 Å². The van der Waals surface area contributed by atoms with Crippen molar-refractivity contribution in [3.63, 3.8) is 0 Å². The second kappa shape index (κ2) is 5.75. The van der Waals surface area contributed by atoms with Crippen LogP contribution in [0.5, 0.6) is 0 Å². The maximum absolute atomic E-state index is 9.11. The highest BCUT2D eigenvalue weighted by atomic mass is 16.5. The molecule has 2 heterocycles. The summed E-state index contributed by atoms with van der Waals surface area (Å²) in [5.74, 6) is 0. The molecule has 0 unspecified atom stereocenters. The number of oxime groups is 1. The number of hydrogen-bond donors (Lipinski definition) is 3. The number of piperidine rings is 1. The van der Waals surface area contributed by atoms with Crippen LogP contribution in [0.2, 0.25) is 0 Å². The average Bonchev–Trinajstić information content (AvgIpc) is 2.86. The molecule has 6 nitrogen and oxygen atoms in total. The van der Waals surface area contributed by atoms with E-state index in [1.807, 2.05) is 18.3 Å². The summed E-state index contributed by atoms with van der Waals surface area (Å²) in [4.78, 5) is 2.33. The quantitative estimate of drug-likeness (QED) is 0.461. The number of hydrogen-bond acceptors (Lipinski definition) is 5. The van der Waals surface area contributed by atoms with E-state index in [1.165, 1.54) is 6.21 Å². The third kappa shape index (κ3) is 2.59. The Balaban J connectivity index is 2.07. The van der Waals surface area contributed by atoms with Crippen LogP contribution in [0.15, 0.2) is 29.6 Å². The molecule has 0 radical (unpaired) electrons. The van der Waals surface area contributed by atoms with Gasteiger partial charge in [-0.25, -0.2) is 0 Å². The highest BCUT2D eigenvalue weighted by Crippen LogP contribution is 2.31. The van der Waals surface area contributed by atoms with Gasteiger partial charge in [0.1, 0.15) is 0 Å². The minimum atomic E-state index is 0.429. The molecule has 1 aliphatic heterocycles. The van der Waals surface area contributed by atoms with Crippen molar-refractivity contribution >= 4 is 22.8 Å². The zero-order valence-electron chi connectivity index (χ0n) is 12.0. The molecule has 0 atom stereocenters. The van der Waals surface area contributed by atoms with Gasteiger partial charge in [0.15, 0.2) is 0 Å². The average molecular weight is 288 g/mol. The standard InChI is InChI=1S/C15H20N4O2/c1-18-6-4-13(5-7-18)19-10-11(9-16-20)14-3-2-12(17-21)8-15(14)19/h2-3,8-10,13,17,20-21H,4-7H2,1H3/b16-9+. The van der Waals surface area contributed by atoms with E-state index in [9.17, 15) is 0 Å². The molecule has 21 heavy (non-hydrogen) atoms. The van der Waals surface area contributed by atoms with E-state index < -0.39 is 0 Å². The molecule has 112 valence electrons. The lowest BCUT2D eigenvalue weighted by atomic mass is 10.1. The molecule has 1 saturated heterocycles. The zero-order valence-corrected chi connectivity index (χ0v) is 12.0. The van der Waals surface area contributed by atoms with Crippen molar-refractivity contribution in [1.82, 2.24) is 9.47 Å². The minimum absolute atomic E-state index is 0.429. The van der Waals surface area contributed by atoms with Gasteiger partial charge in [-0.1, -0.05) is 11.2 Å². The number of rotatable bonds is 3. The van der Waals surface area contributed by atoms with Crippen LogP contribution >= 0.6 is 0 Å². The Morgan fingerprint density at radius 2 is 2.10 bits per heavy atom. The van der Waals surface area contributed by atoms with Crippen molar-refractivity contribution in [3.8, 4) is 0 Å². The summed E-state index contributed by atoms with van der Waals surface area (Å²) < 4.78 is 2.24. The van der Waals surface area contributed by atoms with E-state index >= 15 is 0 Å². The van der Waals surface area contributed by atoms with E-state index in [1.54, 1.807) is 6.07 Å². The molecule has 0 bridgehead atoms. The first-order valence-corrected chi connectivity index (χ1v) is 7.13. The first kappa shape index (κ1) is 13.9. The van der Waals surface area contributed by atoms with Crippen LogP contribution in [-0.4, -0.2) is 46.2 Å². The Kier molecular flexibility index (Phi) is 3.81. The fourth-order valence-corrected chi connectivity index (χ4v) is 3.09. The van der Waals surface area contributed by atoms with Gasteiger partial charge in [0.25, 0.3) is 0 Å². The van der Waals surface area contributed by atoms with Crippen molar-refractivity contribution in [2.24, 2.45) is 5.16 Å². The van der Waals surface area contributed by atoms with Crippen LogP contribution in [-0.2, 0) is 0 Å². The fourth-order valence-electron chi connectivity index (χ4n) is 3.09. The van der Waals surface area contributed by atoms with Gasteiger partial charge in [0, 0.05) is 23.2 Å². The van der Waals surface area contributed by atoms with E-state index in [2.05, 4.69) is 27.2 Å². The summed E-state index contributed by atoms with van der Waals surface area (Å²) in [6.45, 7) is 2.15. The molecule has 0 aliphatic carbocycles. The summed E-state index contributed by atoms with van der Waals surface area (Å²) >= 11 is 0. The molecule has 6 heteroatoms. The van der Waals surface area contributed by atoms with Crippen molar-refractivity contribution in [3.05, 3.63) is 30.0 Å². The molecule has 2 aromatic rings. The predicted octanol–water partition coefficient (Wildman–Crippen LogP) is 2.52. The summed E-state index contributed by atoms with van der Waals surface area (Å²) in [7, 11) is 2.14. The first-order valence-electron chi connectivity index (χ1n) is 7.13. The Hall–Kier alpha value is -2.05. The number of nitrogens with zero attached hydrogens (tertiary/aromatic N) is 3. The van der Waals surface area contributed by atoms with Crippen molar-refractivity contribution in [1.29, 1.82) is 0 Å². The summed E-state index contributed by atoms with van der Waals surface area (Å²) in [5.41, 5.74) is 4.77. The third-order valence-electron chi connectivity index (χ3n) is 4.27. The number of fused-ring (bicyclic) bond motifs is 1. The number of nitrogens with one attached hydrogen (secondary N) is 1. The Morgan fingerprint density at radius 1 is 1.33 bits per heavy atom. The SMILES string of the molecule is CN1CCC(n2cc(/C=N/O)c3ccc(NO)cc32)CC1. The largest absolute Gasteiger partial charge is 0.411 e. The van der Waals surface area contributed by atoms with Crippen LogP contribution in [0.1, 0.15) is 24.4 Å². The zero-order chi connectivity index (χ0) is 14.8. The number of anilines is 1. The molecule has 0 saturated carbocycles. The molecular formula is C15H20N4O2.